The van der Waals surface area contributed by atoms with Gasteiger partial charge in [0.1, 0.15) is 19.0 Å². The van der Waals surface area contributed by atoms with Gasteiger partial charge in [0.25, 0.3) is 0 Å². The average Bonchev–Trinajstić information content (AvgIpc) is 3.20. The first-order chi connectivity index (χ1) is 13.2. The lowest BCUT2D eigenvalue weighted by Crippen LogP contribution is -2.38. The Morgan fingerprint density at radius 1 is 1.07 bits per heavy atom. The number of benzene rings is 2. The van der Waals surface area contributed by atoms with Crippen molar-refractivity contribution in [2.75, 3.05) is 25.1 Å². The van der Waals surface area contributed by atoms with Gasteiger partial charge in [-0.3, -0.25) is 4.79 Å². The minimum absolute atomic E-state index is 0.0174. The van der Waals surface area contributed by atoms with Gasteiger partial charge in [-0.05, 0) is 49.6 Å². The standard InChI is InChI=1S/C22H25NO4/c1-2-25-18-8-4-3-7-17(18)23-21(24)22(11-5-6-12-22)16-9-10-19-20(15-16)27-14-13-26-19/h3-4,7-10,15H,2,5-6,11-14H2,1H3,(H,23,24). The van der Waals surface area contributed by atoms with Crippen molar-refractivity contribution in [3.8, 4) is 17.2 Å². The zero-order chi connectivity index (χ0) is 18.7. The SMILES string of the molecule is CCOc1ccccc1NC(=O)C1(c2ccc3c(c2)OCCO3)CCCC1. The molecule has 142 valence electrons. The molecular formula is C22H25NO4. The first kappa shape index (κ1) is 17.7. The Balaban J connectivity index is 1.65. The summed E-state index contributed by atoms with van der Waals surface area (Å²) in [4.78, 5) is 13.4. The number of hydrogen-bond donors (Lipinski definition) is 1. The van der Waals surface area contributed by atoms with Crippen LogP contribution in [0.1, 0.15) is 38.2 Å². The molecule has 5 nitrogen and oxygen atoms in total. The highest BCUT2D eigenvalue weighted by Crippen LogP contribution is 2.45. The summed E-state index contributed by atoms with van der Waals surface area (Å²) in [5.41, 5.74) is 1.17. The largest absolute Gasteiger partial charge is 0.492 e. The molecule has 0 unspecified atom stereocenters. The van der Waals surface area contributed by atoms with Gasteiger partial charge < -0.3 is 19.5 Å². The predicted octanol–water partition coefficient (Wildman–Crippen LogP) is 4.31. The molecule has 0 atom stereocenters. The number of carbonyl (C=O) groups excluding carboxylic acids is 1. The van der Waals surface area contributed by atoms with Gasteiger partial charge in [0.2, 0.25) is 5.91 Å². The predicted molar refractivity (Wildman–Crippen MR) is 104 cm³/mol. The second-order valence-corrected chi connectivity index (χ2v) is 7.03. The smallest absolute Gasteiger partial charge is 0.235 e. The van der Waals surface area contributed by atoms with Crippen molar-refractivity contribution < 1.29 is 19.0 Å². The lowest BCUT2D eigenvalue weighted by atomic mass is 9.77. The van der Waals surface area contributed by atoms with Crippen LogP contribution in [0.15, 0.2) is 42.5 Å². The number of carbonyl (C=O) groups is 1. The zero-order valence-corrected chi connectivity index (χ0v) is 15.6. The Kier molecular flexibility index (Phi) is 4.92. The first-order valence-electron chi connectivity index (χ1n) is 9.66. The van der Waals surface area contributed by atoms with E-state index in [0.717, 1.165) is 42.7 Å². The van der Waals surface area contributed by atoms with E-state index in [-0.39, 0.29) is 5.91 Å². The molecule has 1 fully saturated rings. The molecular weight excluding hydrogens is 342 g/mol. The maximum atomic E-state index is 13.4. The number of nitrogens with one attached hydrogen (secondary N) is 1. The van der Waals surface area contributed by atoms with Crippen LogP contribution < -0.4 is 19.5 Å². The molecule has 1 N–H and O–H groups in total. The summed E-state index contributed by atoms with van der Waals surface area (Å²) < 4.78 is 17.0. The Morgan fingerprint density at radius 2 is 1.81 bits per heavy atom. The molecule has 5 heteroatoms. The van der Waals surface area contributed by atoms with Gasteiger partial charge in [0, 0.05) is 0 Å². The second kappa shape index (κ2) is 7.51. The normalized spacial score (nSPS) is 17.4. The van der Waals surface area contributed by atoms with E-state index in [1.165, 1.54) is 0 Å². The zero-order valence-electron chi connectivity index (χ0n) is 15.6. The summed E-state index contributed by atoms with van der Waals surface area (Å²) >= 11 is 0. The van der Waals surface area contributed by atoms with Gasteiger partial charge >= 0.3 is 0 Å². The number of ether oxygens (including phenoxy) is 3. The van der Waals surface area contributed by atoms with Gasteiger partial charge in [-0.1, -0.05) is 31.0 Å². The monoisotopic (exact) mass is 367 g/mol. The minimum Gasteiger partial charge on any atom is -0.492 e. The van der Waals surface area contributed by atoms with Crippen LogP contribution in [0.5, 0.6) is 17.2 Å². The van der Waals surface area contributed by atoms with E-state index in [4.69, 9.17) is 14.2 Å². The molecule has 0 saturated heterocycles. The van der Waals surface area contributed by atoms with Crippen LogP contribution in [-0.2, 0) is 10.2 Å². The second-order valence-electron chi connectivity index (χ2n) is 7.03. The summed E-state index contributed by atoms with van der Waals surface area (Å²) in [5, 5.41) is 3.12. The topological polar surface area (TPSA) is 56.8 Å². The fourth-order valence-corrected chi connectivity index (χ4v) is 4.06. The van der Waals surface area contributed by atoms with Crippen molar-refractivity contribution in [2.45, 2.75) is 38.0 Å². The summed E-state index contributed by atoms with van der Waals surface area (Å²) in [6.45, 7) is 3.59. The molecule has 2 aliphatic rings. The number of amides is 1. The van der Waals surface area contributed by atoms with Gasteiger partial charge in [-0.25, -0.2) is 0 Å². The van der Waals surface area contributed by atoms with E-state index < -0.39 is 5.41 Å². The molecule has 2 aromatic carbocycles. The molecule has 1 saturated carbocycles. The third kappa shape index (κ3) is 3.34. The van der Waals surface area contributed by atoms with Crippen LogP contribution >= 0.6 is 0 Å². The molecule has 27 heavy (non-hydrogen) atoms. The van der Waals surface area contributed by atoms with Crippen molar-refractivity contribution in [2.24, 2.45) is 0 Å². The van der Waals surface area contributed by atoms with Gasteiger partial charge in [0.05, 0.1) is 17.7 Å². The number of anilines is 1. The third-order valence-corrected chi connectivity index (χ3v) is 5.42. The van der Waals surface area contributed by atoms with Crippen LogP contribution in [0.25, 0.3) is 0 Å². The molecule has 1 heterocycles. The molecule has 4 rings (SSSR count). The first-order valence-corrected chi connectivity index (χ1v) is 9.66. The highest BCUT2D eigenvalue weighted by molar-refractivity contribution is 6.00. The van der Waals surface area contributed by atoms with E-state index in [1.807, 2.05) is 49.4 Å². The Bertz CT molecular complexity index is 827. The lowest BCUT2D eigenvalue weighted by Gasteiger charge is -2.30. The maximum absolute atomic E-state index is 13.4. The molecule has 1 aliphatic heterocycles. The maximum Gasteiger partial charge on any atom is 0.235 e. The van der Waals surface area contributed by atoms with E-state index in [1.54, 1.807) is 0 Å². The quantitative estimate of drug-likeness (QED) is 0.856. The van der Waals surface area contributed by atoms with Gasteiger partial charge in [0.15, 0.2) is 11.5 Å². The molecule has 0 radical (unpaired) electrons. The van der Waals surface area contributed by atoms with E-state index >= 15 is 0 Å². The van der Waals surface area contributed by atoms with Crippen LogP contribution in [-0.4, -0.2) is 25.7 Å². The Morgan fingerprint density at radius 3 is 2.59 bits per heavy atom. The van der Waals surface area contributed by atoms with Crippen LogP contribution in [0.3, 0.4) is 0 Å². The Hall–Kier alpha value is -2.69. The summed E-state index contributed by atoms with van der Waals surface area (Å²) in [7, 11) is 0. The molecule has 0 spiro atoms. The van der Waals surface area contributed by atoms with Crippen molar-refractivity contribution in [1.29, 1.82) is 0 Å². The summed E-state index contributed by atoms with van der Waals surface area (Å²) in [5.74, 6) is 2.19. The lowest BCUT2D eigenvalue weighted by molar-refractivity contribution is -0.121. The number of fused-ring (bicyclic) bond motifs is 1. The Labute approximate surface area is 159 Å². The molecule has 0 aromatic heterocycles. The van der Waals surface area contributed by atoms with Crippen molar-refractivity contribution in [3.05, 3.63) is 48.0 Å². The number of para-hydroxylation sites is 2. The van der Waals surface area contributed by atoms with Crippen LogP contribution in [0.2, 0.25) is 0 Å². The fourth-order valence-electron chi connectivity index (χ4n) is 4.06. The van der Waals surface area contributed by atoms with Crippen LogP contribution in [0, 0.1) is 0 Å². The summed E-state index contributed by atoms with van der Waals surface area (Å²) in [6, 6.07) is 13.5. The highest BCUT2D eigenvalue weighted by Gasteiger charge is 2.43. The van der Waals surface area contributed by atoms with Gasteiger partial charge in [-0.2, -0.15) is 0 Å². The number of hydrogen-bond acceptors (Lipinski definition) is 4. The number of rotatable bonds is 5. The van der Waals surface area contributed by atoms with Crippen molar-refractivity contribution in [3.63, 3.8) is 0 Å². The fraction of sp³-hybridized carbons (Fsp3) is 0.409. The average molecular weight is 367 g/mol. The highest BCUT2D eigenvalue weighted by atomic mass is 16.6. The minimum atomic E-state index is -0.546. The molecule has 1 aliphatic carbocycles. The van der Waals surface area contributed by atoms with Gasteiger partial charge in [-0.15, -0.1) is 0 Å². The van der Waals surface area contributed by atoms with Crippen LogP contribution in [0.4, 0.5) is 5.69 Å². The van der Waals surface area contributed by atoms with E-state index in [2.05, 4.69) is 5.32 Å². The van der Waals surface area contributed by atoms with E-state index in [9.17, 15) is 4.79 Å². The van der Waals surface area contributed by atoms with Crippen molar-refractivity contribution in [1.82, 2.24) is 0 Å². The van der Waals surface area contributed by atoms with E-state index in [0.29, 0.717) is 31.3 Å². The third-order valence-electron chi connectivity index (χ3n) is 5.42. The van der Waals surface area contributed by atoms with Crippen molar-refractivity contribution >= 4 is 11.6 Å². The summed E-state index contributed by atoms with van der Waals surface area (Å²) in [6.07, 6.45) is 3.73. The molecule has 2 aromatic rings. The molecule has 1 amide bonds. The molecule has 0 bridgehead atoms.